The molecule has 24 heavy (non-hydrogen) atoms. The van der Waals surface area contributed by atoms with Gasteiger partial charge in [0.15, 0.2) is 0 Å². The van der Waals surface area contributed by atoms with Gasteiger partial charge in [0.25, 0.3) is 0 Å². The third-order valence-corrected chi connectivity index (χ3v) is 3.51. The monoisotopic (exact) mass is 331 g/mol. The molecule has 0 aromatic heterocycles. The largest absolute Gasteiger partial charge is 0.497 e. The molecule has 2 aromatic carbocycles. The highest BCUT2D eigenvalue weighted by Crippen LogP contribution is 2.29. The first-order valence-electron chi connectivity index (χ1n) is 8.02. The molecule has 0 aliphatic rings. The summed E-state index contributed by atoms with van der Waals surface area (Å²) in [7, 11) is 3.30. The van der Waals surface area contributed by atoms with Crippen LogP contribution in [0.2, 0.25) is 0 Å². The summed E-state index contributed by atoms with van der Waals surface area (Å²) in [5, 5.41) is 3.37. The Bertz CT molecular complexity index is 613. The molecule has 130 valence electrons. The quantitative estimate of drug-likeness (QED) is 0.672. The summed E-state index contributed by atoms with van der Waals surface area (Å²) in [5.41, 5.74) is 2.05. The molecule has 5 heteroatoms. The predicted octanol–water partition coefficient (Wildman–Crippen LogP) is 3.73. The minimum absolute atomic E-state index is 0.562. The fourth-order valence-corrected chi connectivity index (χ4v) is 2.22. The van der Waals surface area contributed by atoms with Crippen molar-refractivity contribution in [2.75, 3.05) is 39.4 Å². The maximum absolute atomic E-state index is 5.61. The molecule has 0 unspecified atom stereocenters. The lowest BCUT2D eigenvalue weighted by Gasteiger charge is -2.13. The van der Waals surface area contributed by atoms with Crippen molar-refractivity contribution < 1.29 is 18.9 Å². The zero-order valence-corrected chi connectivity index (χ0v) is 14.5. The fourth-order valence-electron chi connectivity index (χ4n) is 2.22. The molecule has 0 radical (unpaired) electrons. The summed E-state index contributed by atoms with van der Waals surface area (Å²) in [6, 6.07) is 13.7. The first-order valence-corrected chi connectivity index (χ1v) is 8.02. The number of hydrogen-bond acceptors (Lipinski definition) is 5. The molecule has 0 spiro atoms. The standard InChI is InChI=1S/C19H25NO4/c1-4-23-11-12-24-16-7-5-15(6-8-16)14-20-18-13-17(21-2)9-10-19(18)22-3/h5-10,13,20H,4,11-12,14H2,1-3H3. The van der Waals surface area contributed by atoms with Gasteiger partial charge in [-0.3, -0.25) is 0 Å². The number of hydrogen-bond donors (Lipinski definition) is 1. The molecule has 0 fully saturated rings. The Morgan fingerprint density at radius 2 is 1.62 bits per heavy atom. The molecule has 2 rings (SSSR count). The molecular formula is C19H25NO4. The van der Waals surface area contributed by atoms with Crippen LogP contribution in [0.25, 0.3) is 0 Å². The van der Waals surface area contributed by atoms with Gasteiger partial charge in [0.2, 0.25) is 0 Å². The highest BCUT2D eigenvalue weighted by atomic mass is 16.5. The highest BCUT2D eigenvalue weighted by Gasteiger charge is 2.05. The van der Waals surface area contributed by atoms with Crippen molar-refractivity contribution in [1.29, 1.82) is 0 Å². The Morgan fingerprint density at radius 1 is 0.875 bits per heavy atom. The van der Waals surface area contributed by atoms with Gasteiger partial charge in [-0.05, 0) is 36.8 Å². The van der Waals surface area contributed by atoms with Gasteiger partial charge < -0.3 is 24.3 Å². The van der Waals surface area contributed by atoms with E-state index in [1.54, 1.807) is 14.2 Å². The van der Waals surface area contributed by atoms with E-state index in [-0.39, 0.29) is 0 Å². The minimum Gasteiger partial charge on any atom is -0.497 e. The van der Waals surface area contributed by atoms with Gasteiger partial charge in [0.1, 0.15) is 23.9 Å². The molecule has 0 aliphatic carbocycles. The Morgan fingerprint density at radius 3 is 2.29 bits per heavy atom. The smallest absolute Gasteiger partial charge is 0.142 e. The Hall–Kier alpha value is -2.40. The van der Waals surface area contributed by atoms with Crippen molar-refractivity contribution in [3.8, 4) is 17.2 Å². The summed E-state index contributed by atoms with van der Waals surface area (Å²) < 4.78 is 21.5. The van der Waals surface area contributed by atoms with Crippen LogP contribution in [0, 0.1) is 0 Å². The van der Waals surface area contributed by atoms with E-state index in [0.29, 0.717) is 26.4 Å². The molecule has 5 nitrogen and oxygen atoms in total. The van der Waals surface area contributed by atoms with Crippen LogP contribution >= 0.6 is 0 Å². The third-order valence-electron chi connectivity index (χ3n) is 3.51. The Labute approximate surface area is 143 Å². The number of ether oxygens (including phenoxy) is 4. The third kappa shape index (κ3) is 5.35. The van der Waals surface area contributed by atoms with Crippen LogP contribution < -0.4 is 19.5 Å². The number of benzene rings is 2. The zero-order valence-electron chi connectivity index (χ0n) is 14.5. The van der Waals surface area contributed by atoms with Crippen molar-refractivity contribution in [2.45, 2.75) is 13.5 Å². The van der Waals surface area contributed by atoms with Crippen molar-refractivity contribution >= 4 is 5.69 Å². The van der Waals surface area contributed by atoms with Gasteiger partial charge in [0, 0.05) is 19.2 Å². The van der Waals surface area contributed by atoms with Crippen LogP contribution in [0.5, 0.6) is 17.2 Å². The molecule has 1 N–H and O–H groups in total. The summed E-state index contributed by atoms with van der Waals surface area (Å²) in [5.74, 6) is 2.42. The number of rotatable bonds is 10. The fraction of sp³-hybridized carbons (Fsp3) is 0.368. The SMILES string of the molecule is CCOCCOc1ccc(CNc2cc(OC)ccc2OC)cc1. The first kappa shape index (κ1) is 17.9. The van der Waals surface area contributed by atoms with Crippen molar-refractivity contribution in [3.05, 3.63) is 48.0 Å². The second-order valence-electron chi connectivity index (χ2n) is 5.11. The first-order chi connectivity index (χ1) is 11.8. The lowest BCUT2D eigenvalue weighted by molar-refractivity contribution is 0.110. The Kier molecular flexibility index (Phi) is 7.23. The van der Waals surface area contributed by atoms with Crippen LogP contribution in [-0.2, 0) is 11.3 Å². The van der Waals surface area contributed by atoms with Gasteiger partial charge in [-0.1, -0.05) is 12.1 Å². The summed E-state index contributed by atoms with van der Waals surface area (Å²) in [6.07, 6.45) is 0. The lowest BCUT2D eigenvalue weighted by Crippen LogP contribution is -2.06. The lowest BCUT2D eigenvalue weighted by atomic mass is 10.2. The molecule has 0 amide bonds. The van der Waals surface area contributed by atoms with Crippen LogP contribution in [0.1, 0.15) is 12.5 Å². The summed E-state index contributed by atoms with van der Waals surface area (Å²) >= 11 is 0. The number of anilines is 1. The maximum atomic E-state index is 5.61. The van der Waals surface area contributed by atoms with E-state index in [1.807, 2.05) is 49.4 Å². The summed E-state index contributed by atoms with van der Waals surface area (Å²) in [4.78, 5) is 0. The second kappa shape index (κ2) is 9.67. The molecule has 0 saturated heterocycles. The van der Waals surface area contributed by atoms with Gasteiger partial charge in [0.05, 0.1) is 26.5 Å². The van der Waals surface area contributed by atoms with Crippen LogP contribution in [0.3, 0.4) is 0 Å². The second-order valence-corrected chi connectivity index (χ2v) is 5.11. The molecule has 0 bridgehead atoms. The van der Waals surface area contributed by atoms with Crippen molar-refractivity contribution in [1.82, 2.24) is 0 Å². The van der Waals surface area contributed by atoms with E-state index in [2.05, 4.69) is 5.32 Å². The molecular weight excluding hydrogens is 306 g/mol. The van der Waals surface area contributed by atoms with E-state index >= 15 is 0 Å². The van der Waals surface area contributed by atoms with Crippen LogP contribution in [0.4, 0.5) is 5.69 Å². The molecule has 0 atom stereocenters. The van der Waals surface area contributed by atoms with Crippen molar-refractivity contribution in [3.63, 3.8) is 0 Å². The summed E-state index contributed by atoms with van der Waals surface area (Å²) in [6.45, 7) is 4.53. The van der Waals surface area contributed by atoms with Gasteiger partial charge >= 0.3 is 0 Å². The highest BCUT2D eigenvalue weighted by molar-refractivity contribution is 5.60. The minimum atomic E-state index is 0.562. The number of nitrogens with one attached hydrogen (secondary N) is 1. The Balaban J connectivity index is 1.90. The van der Waals surface area contributed by atoms with E-state index in [4.69, 9.17) is 18.9 Å². The van der Waals surface area contributed by atoms with Crippen LogP contribution in [-0.4, -0.2) is 34.0 Å². The van der Waals surface area contributed by atoms with E-state index in [1.165, 1.54) is 0 Å². The molecule has 0 saturated carbocycles. The van der Waals surface area contributed by atoms with E-state index < -0.39 is 0 Å². The molecule has 0 heterocycles. The zero-order chi connectivity index (χ0) is 17.2. The number of methoxy groups -OCH3 is 2. The van der Waals surface area contributed by atoms with Gasteiger partial charge in [-0.15, -0.1) is 0 Å². The van der Waals surface area contributed by atoms with Gasteiger partial charge in [-0.2, -0.15) is 0 Å². The van der Waals surface area contributed by atoms with E-state index in [0.717, 1.165) is 28.5 Å². The van der Waals surface area contributed by atoms with Gasteiger partial charge in [-0.25, -0.2) is 0 Å². The average molecular weight is 331 g/mol. The average Bonchev–Trinajstić information content (AvgIpc) is 2.64. The molecule has 0 aliphatic heterocycles. The predicted molar refractivity (Wildman–Crippen MR) is 95.3 cm³/mol. The normalized spacial score (nSPS) is 10.3. The molecule has 2 aromatic rings. The van der Waals surface area contributed by atoms with Crippen molar-refractivity contribution in [2.24, 2.45) is 0 Å². The van der Waals surface area contributed by atoms with E-state index in [9.17, 15) is 0 Å². The van der Waals surface area contributed by atoms with Crippen LogP contribution in [0.15, 0.2) is 42.5 Å². The maximum Gasteiger partial charge on any atom is 0.142 e. The topological polar surface area (TPSA) is 49.0 Å².